The Morgan fingerprint density at radius 2 is 1.86 bits per heavy atom. The first-order valence-electron chi connectivity index (χ1n) is 9.45. The fourth-order valence-electron chi connectivity index (χ4n) is 3.88. The van der Waals surface area contributed by atoms with E-state index >= 15 is 0 Å². The van der Waals surface area contributed by atoms with Gasteiger partial charge in [0.1, 0.15) is 29.3 Å². The second-order valence-electron chi connectivity index (χ2n) is 7.25. The number of hydrogen-bond donors (Lipinski definition) is 0. The van der Waals surface area contributed by atoms with Crippen molar-refractivity contribution in [1.82, 2.24) is 4.90 Å². The van der Waals surface area contributed by atoms with Gasteiger partial charge in [-0.2, -0.15) is 0 Å². The van der Waals surface area contributed by atoms with E-state index < -0.39 is 5.60 Å². The molecule has 4 rings (SSSR count). The van der Waals surface area contributed by atoms with Crippen LogP contribution in [0.5, 0.6) is 11.5 Å². The normalized spacial score (nSPS) is 17.6. The van der Waals surface area contributed by atoms with Crippen molar-refractivity contribution in [1.29, 1.82) is 0 Å². The molecule has 2 aromatic carbocycles. The molecule has 0 radical (unpaired) electrons. The number of carbonyl (C=O) groups is 2. The Bertz CT molecular complexity index is 872. The molecule has 0 aliphatic carbocycles. The summed E-state index contributed by atoms with van der Waals surface area (Å²) in [5, 5.41) is 0. The molecule has 1 spiro atoms. The van der Waals surface area contributed by atoms with Crippen molar-refractivity contribution in [3.05, 3.63) is 59.7 Å². The lowest BCUT2D eigenvalue weighted by atomic mass is 9.82. The average Bonchev–Trinajstić information content (AvgIpc) is 2.72. The van der Waals surface area contributed by atoms with Crippen molar-refractivity contribution in [2.75, 3.05) is 20.2 Å². The molecule has 146 valence electrons. The zero-order valence-corrected chi connectivity index (χ0v) is 15.8. The van der Waals surface area contributed by atoms with Crippen LogP contribution in [-0.2, 0) is 11.3 Å². The van der Waals surface area contributed by atoms with E-state index in [2.05, 4.69) is 0 Å². The van der Waals surface area contributed by atoms with Gasteiger partial charge in [-0.25, -0.2) is 4.79 Å². The van der Waals surface area contributed by atoms with Crippen LogP contribution in [0.3, 0.4) is 0 Å². The Hall–Kier alpha value is -3.02. The molecule has 0 atom stereocenters. The summed E-state index contributed by atoms with van der Waals surface area (Å²) in [6, 6.07) is 15.0. The number of hydrogen-bond acceptors (Lipinski definition) is 5. The zero-order valence-electron chi connectivity index (χ0n) is 15.8. The van der Waals surface area contributed by atoms with Crippen molar-refractivity contribution < 1.29 is 23.8 Å². The highest BCUT2D eigenvalue weighted by Gasteiger charge is 2.44. The summed E-state index contributed by atoms with van der Waals surface area (Å²) in [5.41, 5.74) is 0.906. The van der Waals surface area contributed by atoms with Crippen LogP contribution in [0.4, 0.5) is 4.79 Å². The predicted octanol–water partition coefficient (Wildman–Crippen LogP) is 3.83. The van der Waals surface area contributed by atoms with Crippen LogP contribution < -0.4 is 9.47 Å². The molecule has 0 N–H and O–H groups in total. The second-order valence-corrected chi connectivity index (χ2v) is 7.25. The molecule has 2 aromatic rings. The quantitative estimate of drug-likeness (QED) is 0.808. The monoisotopic (exact) mass is 381 g/mol. The highest BCUT2D eigenvalue weighted by Crippen LogP contribution is 2.42. The minimum absolute atomic E-state index is 0.0267. The first-order valence-corrected chi connectivity index (χ1v) is 9.45. The molecule has 28 heavy (non-hydrogen) atoms. The Morgan fingerprint density at radius 3 is 2.57 bits per heavy atom. The maximum Gasteiger partial charge on any atom is 0.410 e. The standard InChI is InChI=1S/C22H23NO5/c1-26-18-8-5-9-19-20(18)17(24)14-22(28-19)10-12-23(13-11-22)21(25)27-15-16-6-3-2-4-7-16/h2-9H,10-15H2,1H3. The Morgan fingerprint density at radius 1 is 1.11 bits per heavy atom. The summed E-state index contributed by atoms with van der Waals surface area (Å²) in [4.78, 5) is 26.8. The number of likely N-dealkylation sites (tertiary alicyclic amines) is 1. The van der Waals surface area contributed by atoms with Gasteiger partial charge in [0.25, 0.3) is 0 Å². The lowest BCUT2D eigenvalue weighted by Crippen LogP contribution is -2.52. The second kappa shape index (κ2) is 7.54. The van der Waals surface area contributed by atoms with E-state index in [1.54, 1.807) is 24.1 Å². The lowest BCUT2D eigenvalue weighted by molar-refractivity contribution is -0.0101. The molecule has 0 bridgehead atoms. The first-order chi connectivity index (χ1) is 13.6. The SMILES string of the molecule is COc1cccc2c1C(=O)CC1(CCN(C(=O)OCc3ccccc3)CC1)O2. The number of methoxy groups -OCH3 is 1. The number of carbonyl (C=O) groups excluding carboxylic acids is 2. The summed E-state index contributed by atoms with van der Waals surface area (Å²) < 4.78 is 17.0. The van der Waals surface area contributed by atoms with Gasteiger partial charge in [-0.15, -0.1) is 0 Å². The van der Waals surface area contributed by atoms with Crippen LogP contribution >= 0.6 is 0 Å². The molecule has 1 amide bonds. The van der Waals surface area contributed by atoms with Gasteiger partial charge >= 0.3 is 6.09 Å². The molecule has 6 heteroatoms. The van der Waals surface area contributed by atoms with E-state index in [4.69, 9.17) is 14.2 Å². The number of amides is 1. The molecular formula is C22H23NO5. The van der Waals surface area contributed by atoms with E-state index in [0.717, 1.165) is 5.56 Å². The van der Waals surface area contributed by atoms with Crippen molar-refractivity contribution in [3.63, 3.8) is 0 Å². The summed E-state index contributed by atoms with van der Waals surface area (Å²) in [5.74, 6) is 1.13. The van der Waals surface area contributed by atoms with E-state index in [1.807, 2.05) is 36.4 Å². The van der Waals surface area contributed by atoms with Crippen molar-refractivity contribution in [3.8, 4) is 11.5 Å². The maximum absolute atomic E-state index is 12.7. The van der Waals surface area contributed by atoms with Gasteiger partial charge in [-0.05, 0) is 17.7 Å². The fourth-order valence-corrected chi connectivity index (χ4v) is 3.88. The van der Waals surface area contributed by atoms with Crippen molar-refractivity contribution in [2.45, 2.75) is 31.5 Å². The third-order valence-corrected chi connectivity index (χ3v) is 5.43. The Balaban J connectivity index is 1.38. The van der Waals surface area contributed by atoms with E-state index in [1.165, 1.54) is 0 Å². The molecule has 0 aromatic heterocycles. The first kappa shape index (κ1) is 18.3. The van der Waals surface area contributed by atoms with E-state index in [0.29, 0.717) is 49.4 Å². The number of piperidine rings is 1. The molecule has 0 saturated carbocycles. The van der Waals surface area contributed by atoms with Gasteiger partial charge in [-0.3, -0.25) is 4.79 Å². The highest BCUT2D eigenvalue weighted by molar-refractivity contribution is 6.02. The summed E-state index contributed by atoms with van der Waals surface area (Å²) in [6.07, 6.45) is 1.15. The molecule has 2 aliphatic heterocycles. The third-order valence-electron chi connectivity index (χ3n) is 5.43. The molecule has 1 saturated heterocycles. The van der Waals surface area contributed by atoms with Crippen LogP contribution in [0.15, 0.2) is 48.5 Å². The smallest absolute Gasteiger partial charge is 0.410 e. The molecule has 2 aliphatic rings. The van der Waals surface area contributed by atoms with Crippen LogP contribution in [0.25, 0.3) is 0 Å². The zero-order chi connectivity index (χ0) is 19.6. The minimum Gasteiger partial charge on any atom is -0.496 e. The summed E-state index contributed by atoms with van der Waals surface area (Å²) in [7, 11) is 1.55. The third kappa shape index (κ3) is 3.54. The number of nitrogens with zero attached hydrogens (tertiary/aromatic N) is 1. The van der Waals surface area contributed by atoms with E-state index in [-0.39, 0.29) is 18.5 Å². The number of benzene rings is 2. The molecule has 0 unspecified atom stereocenters. The number of rotatable bonds is 3. The lowest BCUT2D eigenvalue weighted by Gasteiger charge is -2.43. The Kier molecular flexibility index (Phi) is 4.94. The van der Waals surface area contributed by atoms with Gasteiger partial charge in [0.2, 0.25) is 0 Å². The number of fused-ring (bicyclic) bond motifs is 1. The van der Waals surface area contributed by atoms with Gasteiger partial charge in [-0.1, -0.05) is 36.4 Å². The van der Waals surface area contributed by atoms with Crippen LogP contribution in [0, 0.1) is 0 Å². The van der Waals surface area contributed by atoms with Crippen molar-refractivity contribution >= 4 is 11.9 Å². The molecule has 2 heterocycles. The maximum atomic E-state index is 12.7. The van der Waals surface area contributed by atoms with Crippen LogP contribution in [-0.4, -0.2) is 42.6 Å². The minimum atomic E-state index is -0.563. The fraction of sp³-hybridized carbons (Fsp3) is 0.364. The average molecular weight is 381 g/mol. The van der Waals surface area contributed by atoms with E-state index in [9.17, 15) is 9.59 Å². The molecule has 1 fully saturated rings. The molecule has 6 nitrogen and oxygen atoms in total. The van der Waals surface area contributed by atoms with Crippen LogP contribution in [0.1, 0.15) is 35.2 Å². The van der Waals surface area contributed by atoms with Crippen LogP contribution in [0.2, 0.25) is 0 Å². The summed E-state index contributed by atoms with van der Waals surface area (Å²) in [6.45, 7) is 1.25. The Labute approximate surface area is 164 Å². The highest BCUT2D eigenvalue weighted by atomic mass is 16.6. The number of Topliss-reactive ketones (excluding diaryl/α,β-unsaturated/α-hetero) is 1. The predicted molar refractivity (Wildman–Crippen MR) is 103 cm³/mol. The molecular weight excluding hydrogens is 358 g/mol. The van der Waals surface area contributed by atoms with Gasteiger partial charge in [0.05, 0.1) is 13.5 Å². The van der Waals surface area contributed by atoms with Crippen molar-refractivity contribution in [2.24, 2.45) is 0 Å². The number of ether oxygens (including phenoxy) is 3. The van der Waals surface area contributed by atoms with Gasteiger partial charge in [0.15, 0.2) is 5.78 Å². The van der Waals surface area contributed by atoms with Gasteiger partial charge < -0.3 is 19.1 Å². The topological polar surface area (TPSA) is 65.1 Å². The largest absolute Gasteiger partial charge is 0.496 e. The number of ketones is 1. The summed E-state index contributed by atoms with van der Waals surface area (Å²) >= 11 is 0. The van der Waals surface area contributed by atoms with Gasteiger partial charge in [0, 0.05) is 25.9 Å².